The van der Waals surface area contributed by atoms with Gasteiger partial charge >= 0.3 is 0 Å². The fraction of sp³-hybridized carbons (Fsp3) is 0.917. The Morgan fingerprint density at radius 1 is 1.36 bits per heavy atom. The lowest BCUT2D eigenvalue weighted by Crippen LogP contribution is -2.39. The van der Waals surface area contributed by atoms with Crippen molar-refractivity contribution in [3.8, 4) is 0 Å². The summed E-state index contributed by atoms with van der Waals surface area (Å²) < 4.78 is 0. The Bertz CT molecular complexity index is 184. The van der Waals surface area contributed by atoms with Crippen LogP contribution < -0.4 is 5.73 Å². The number of Topliss-reactive ketones (excluding diaryl/α,β-unsaturated/α-hetero) is 1. The highest BCUT2D eigenvalue weighted by Gasteiger charge is 2.35. The number of carbonyl (C=O) groups excluding carboxylic acids is 1. The highest BCUT2D eigenvalue weighted by atomic mass is 16.1. The molecule has 0 saturated heterocycles. The van der Waals surface area contributed by atoms with Gasteiger partial charge in [0.05, 0.1) is 0 Å². The van der Waals surface area contributed by atoms with Gasteiger partial charge in [0, 0.05) is 18.4 Å². The number of nitrogens with two attached hydrogens (primary N) is 1. The minimum Gasteiger partial charge on any atom is -0.329 e. The minimum atomic E-state index is -0.213. The van der Waals surface area contributed by atoms with E-state index in [0.29, 0.717) is 18.2 Å². The van der Waals surface area contributed by atoms with E-state index in [1.807, 2.05) is 0 Å². The average molecular weight is 197 g/mol. The van der Waals surface area contributed by atoms with Crippen LogP contribution in [-0.2, 0) is 4.79 Å². The van der Waals surface area contributed by atoms with E-state index in [-0.39, 0.29) is 5.41 Å². The standard InChI is InChI=1S/C12H23NO/c1-3-12(4-2,9-13)11(14)8-10-6-5-7-10/h10H,3-9,13H2,1-2H3. The molecular formula is C12H23NO. The third kappa shape index (κ3) is 2.17. The number of hydrogen-bond acceptors (Lipinski definition) is 2. The molecule has 1 aliphatic carbocycles. The first-order chi connectivity index (χ1) is 6.68. The highest BCUT2D eigenvalue weighted by Crippen LogP contribution is 2.35. The van der Waals surface area contributed by atoms with Gasteiger partial charge in [-0.2, -0.15) is 0 Å². The molecule has 1 aliphatic rings. The average Bonchev–Trinajstić information content (AvgIpc) is 2.15. The molecule has 0 atom stereocenters. The molecule has 0 aromatic carbocycles. The second-order valence-electron chi connectivity index (χ2n) is 4.62. The number of hydrogen-bond donors (Lipinski definition) is 1. The molecule has 0 heterocycles. The lowest BCUT2D eigenvalue weighted by molar-refractivity contribution is -0.130. The summed E-state index contributed by atoms with van der Waals surface area (Å²) in [6.07, 6.45) is 6.38. The predicted molar refractivity (Wildman–Crippen MR) is 59.0 cm³/mol. The molecule has 0 spiro atoms. The molecule has 14 heavy (non-hydrogen) atoms. The van der Waals surface area contributed by atoms with Crippen molar-refractivity contribution >= 4 is 5.78 Å². The Morgan fingerprint density at radius 3 is 2.21 bits per heavy atom. The van der Waals surface area contributed by atoms with Gasteiger partial charge in [-0.25, -0.2) is 0 Å². The lowest BCUT2D eigenvalue weighted by Gasteiger charge is -2.32. The van der Waals surface area contributed by atoms with Gasteiger partial charge in [-0.3, -0.25) is 4.79 Å². The summed E-state index contributed by atoms with van der Waals surface area (Å²) in [5.41, 5.74) is 5.53. The van der Waals surface area contributed by atoms with Crippen LogP contribution >= 0.6 is 0 Å². The van der Waals surface area contributed by atoms with Crippen LogP contribution in [0.15, 0.2) is 0 Å². The molecule has 2 heteroatoms. The molecule has 1 fully saturated rings. The van der Waals surface area contributed by atoms with E-state index in [0.717, 1.165) is 19.3 Å². The zero-order valence-corrected chi connectivity index (χ0v) is 9.51. The first-order valence-electron chi connectivity index (χ1n) is 5.92. The summed E-state index contributed by atoms with van der Waals surface area (Å²) in [6.45, 7) is 4.68. The van der Waals surface area contributed by atoms with Crippen LogP contribution in [0.3, 0.4) is 0 Å². The summed E-state index contributed by atoms with van der Waals surface area (Å²) in [5.74, 6) is 1.08. The third-order valence-corrected chi connectivity index (χ3v) is 4.03. The van der Waals surface area contributed by atoms with Crippen LogP contribution in [0.1, 0.15) is 52.4 Å². The third-order valence-electron chi connectivity index (χ3n) is 4.03. The second-order valence-corrected chi connectivity index (χ2v) is 4.62. The van der Waals surface area contributed by atoms with Crippen LogP contribution in [0.4, 0.5) is 0 Å². The molecule has 0 aromatic heterocycles. The monoisotopic (exact) mass is 197 g/mol. The van der Waals surface area contributed by atoms with Crippen molar-refractivity contribution in [1.82, 2.24) is 0 Å². The molecule has 1 rings (SSSR count). The van der Waals surface area contributed by atoms with Crippen molar-refractivity contribution in [2.45, 2.75) is 52.4 Å². The highest BCUT2D eigenvalue weighted by molar-refractivity contribution is 5.85. The molecule has 0 radical (unpaired) electrons. The number of rotatable bonds is 6. The maximum atomic E-state index is 12.1. The molecule has 0 bridgehead atoms. The Hall–Kier alpha value is -0.370. The van der Waals surface area contributed by atoms with Crippen molar-refractivity contribution in [2.24, 2.45) is 17.1 Å². The maximum absolute atomic E-state index is 12.1. The predicted octanol–water partition coefficient (Wildman–Crippen LogP) is 2.51. The van der Waals surface area contributed by atoms with Gasteiger partial charge < -0.3 is 5.73 Å². The van der Waals surface area contributed by atoms with E-state index in [2.05, 4.69) is 13.8 Å². The van der Waals surface area contributed by atoms with Crippen molar-refractivity contribution in [1.29, 1.82) is 0 Å². The summed E-state index contributed by atoms with van der Waals surface area (Å²) in [6, 6.07) is 0. The van der Waals surface area contributed by atoms with Crippen LogP contribution in [-0.4, -0.2) is 12.3 Å². The van der Waals surface area contributed by atoms with Gasteiger partial charge in [-0.1, -0.05) is 33.1 Å². The Kier molecular flexibility index (Phi) is 4.11. The van der Waals surface area contributed by atoms with Gasteiger partial charge in [0.2, 0.25) is 0 Å². The quantitative estimate of drug-likeness (QED) is 0.711. The molecule has 2 N–H and O–H groups in total. The first kappa shape index (κ1) is 11.7. The molecule has 2 nitrogen and oxygen atoms in total. The fourth-order valence-electron chi connectivity index (χ4n) is 2.22. The SMILES string of the molecule is CCC(CC)(CN)C(=O)CC1CCC1. The Morgan fingerprint density at radius 2 is 1.93 bits per heavy atom. The summed E-state index contributed by atoms with van der Waals surface area (Å²) in [4.78, 5) is 12.1. The lowest BCUT2D eigenvalue weighted by atomic mass is 9.72. The molecule has 0 unspecified atom stereocenters. The maximum Gasteiger partial charge on any atom is 0.140 e. The van der Waals surface area contributed by atoms with E-state index in [4.69, 9.17) is 5.73 Å². The van der Waals surface area contributed by atoms with Crippen LogP contribution in [0.5, 0.6) is 0 Å². The molecule has 82 valence electrons. The summed E-state index contributed by atoms with van der Waals surface area (Å²) in [5, 5.41) is 0. The summed E-state index contributed by atoms with van der Waals surface area (Å²) in [7, 11) is 0. The van der Waals surface area contributed by atoms with Gasteiger partial charge in [0.15, 0.2) is 0 Å². The van der Waals surface area contributed by atoms with Crippen molar-refractivity contribution < 1.29 is 4.79 Å². The Labute approximate surface area is 87.2 Å². The zero-order chi connectivity index (χ0) is 10.6. The van der Waals surface area contributed by atoms with E-state index < -0.39 is 0 Å². The topological polar surface area (TPSA) is 43.1 Å². The smallest absolute Gasteiger partial charge is 0.140 e. The Balaban J connectivity index is 2.52. The van der Waals surface area contributed by atoms with Gasteiger partial charge in [-0.05, 0) is 18.8 Å². The fourth-order valence-corrected chi connectivity index (χ4v) is 2.22. The van der Waals surface area contributed by atoms with E-state index in [9.17, 15) is 4.79 Å². The van der Waals surface area contributed by atoms with Gasteiger partial charge in [0.1, 0.15) is 5.78 Å². The van der Waals surface area contributed by atoms with Crippen molar-refractivity contribution in [2.75, 3.05) is 6.54 Å². The number of carbonyl (C=O) groups is 1. The van der Waals surface area contributed by atoms with Crippen molar-refractivity contribution in [3.05, 3.63) is 0 Å². The van der Waals surface area contributed by atoms with Crippen LogP contribution in [0.2, 0.25) is 0 Å². The zero-order valence-electron chi connectivity index (χ0n) is 9.51. The van der Waals surface area contributed by atoms with Crippen LogP contribution in [0, 0.1) is 11.3 Å². The minimum absolute atomic E-state index is 0.213. The van der Waals surface area contributed by atoms with E-state index in [1.54, 1.807) is 0 Å². The van der Waals surface area contributed by atoms with Gasteiger partial charge in [0.25, 0.3) is 0 Å². The van der Waals surface area contributed by atoms with E-state index >= 15 is 0 Å². The molecular weight excluding hydrogens is 174 g/mol. The molecule has 0 amide bonds. The number of ketones is 1. The molecule has 1 saturated carbocycles. The molecule has 0 aromatic rings. The summed E-state index contributed by atoms with van der Waals surface area (Å²) >= 11 is 0. The van der Waals surface area contributed by atoms with Gasteiger partial charge in [-0.15, -0.1) is 0 Å². The second kappa shape index (κ2) is 4.92. The van der Waals surface area contributed by atoms with Crippen LogP contribution in [0.25, 0.3) is 0 Å². The normalized spacial score (nSPS) is 17.9. The molecule has 0 aliphatic heterocycles. The van der Waals surface area contributed by atoms with Crippen molar-refractivity contribution in [3.63, 3.8) is 0 Å². The first-order valence-corrected chi connectivity index (χ1v) is 5.92. The largest absolute Gasteiger partial charge is 0.329 e. The van der Waals surface area contributed by atoms with E-state index in [1.165, 1.54) is 19.3 Å².